The van der Waals surface area contributed by atoms with Gasteiger partial charge in [0.05, 0.1) is 0 Å². The summed E-state index contributed by atoms with van der Waals surface area (Å²) in [6.45, 7) is 1.51. The summed E-state index contributed by atoms with van der Waals surface area (Å²) in [5, 5.41) is 11.4. The van der Waals surface area contributed by atoms with E-state index in [1.54, 1.807) is 12.1 Å². The summed E-state index contributed by atoms with van der Waals surface area (Å²) in [6.07, 6.45) is 0.904. The summed E-state index contributed by atoms with van der Waals surface area (Å²) in [5.74, 6) is 0.532. The third kappa shape index (κ3) is 1.66. The highest BCUT2D eigenvalue weighted by atomic mass is 19.1. The van der Waals surface area contributed by atoms with Crippen molar-refractivity contribution in [1.82, 2.24) is 4.90 Å². The number of benzene rings is 2. The van der Waals surface area contributed by atoms with Crippen molar-refractivity contribution in [3.8, 4) is 0 Å². The summed E-state index contributed by atoms with van der Waals surface area (Å²) < 4.78 is 13.2. The third-order valence-corrected chi connectivity index (χ3v) is 4.24. The highest BCUT2D eigenvalue weighted by Crippen LogP contribution is 2.43. The largest absolute Gasteiger partial charge is 0.363 e. The minimum absolute atomic E-state index is 0.304. The van der Waals surface area contributed by atoms with Crippen molar-refractivity contribution in [3.63, 3.8) is 0 Å². The molecule has 2 aromatic rings. The van der Waals surface area contributed by atoms with Gasteiger partial charge in [-0.05, 0) is 18.6 Å². The van der Waals surface area contributed by atoms with Crippen LogP contribution in [0.4, 0.5) is 4.39 Å². The molecule has 1 N–H and O–H groups in total. The fraction of sp³-hybridized carbons (Fsp3) is 0.235. The standard InChI is InChI=1S/C17H15FN2O/c18-13-8-6-12(7-9-13)17(21)15-5-2-1-4-14(15)16-19-10-3-11-20(16)17/h1-2,4-9,21H,3,10-11H2/t17-/m1/s1. The Bertz CT molecular complexity index is 726. The van der Waals surface area contributed by atoms with Crippen LogP contribution in [0.1, 0.15) is 23.1 Å². The van der Waals surface area contributed by atoms with Crippen LogP contribution in [0.2, 0.25) is 0 Å². The van der Waals surface area contributed by atoms with Crippen LogP contribution in [0, 0.1) is 5.82 Å². The van der Waals surface area contributed by atoms with Crippen molar-refractivity contribution < 1.29 is 9.50 Å². The third-order valence-electron chi connectivity index (χ3n) is 4.24. The molecule has 1 atom stereocenters. The lowest BCUT2D eigenvalue weighted by Crippen LogP contribution is -2.47. The van der Waals surface area contributed by atoms with Crippen LogP contribution in [0.15, 0.2) is 53.5 Å². The van der Waals surface area contributed by atoms with E-state index in [1.807, 2.05) is 29.2 Å². The predicted octanol–water partition coefficient (Wildman–Crippen LogP) is 2.49. The van der Waals surface area contributed by atoms with Crippen molar-refractivity contribution in [1.29, 1.82) is 0 Å². The Hall–Kier alpha value is -2.20. The van der Waals surface area contributed by atoms with Crippen LogP contribution in [-0.4, -0.2) is 28.9 Å². The molecule has 0 saturated carbocycles. The number of fused-ring (bicyclic) bond motifs is 3. The molecule has 2 aliphatic rings. The van der Waals surface area contributed by atoms with E-state index in [0.29, 0.717) is 5.56 Å². The van der Waals surface area contributed by atoms with E-state index in [1.165, 1.54) is 12.1 Å². The van der Waals surface area contributed by atoms with Crippen molar-refractivity contribution >= 4 is 5.84 Å². The van der Waals surface area contributed by atoms with Gasteiger partial charge in [0.25, 0.3) is 0 Å². The molecule has 0 amide bonds. The van der Waals surface area contributed by atoms with E-state index < -0.39 is 5.72 Å². The Kier molecular flexibility index (Phi) is 2.62. The zero-order valence-corrected chi connectivity index (χ0v) is 11.5. The van der Waals surface area contributed by atoms with Crippen LogP contribution in [0.25, 0.3) is 0 Å². The Labute approximate surface area is 122 Å². The van der Waals surface area contributed by atoms with Gasteiger partial charge in [-0.2, -0.15) is 0 Å². The molecule has 21 heavy (non-hydrogen) atoms. The molecule has 0 saturated heterocycles. The van der Waals surface area contributed by atoms with Gasteiger partial charge in [-0.1, -0.05) is 36.4 Å². The van der Waals surface area contributed by atoms with E-state index >= 15 is 0 Å². The average molecular weight is 282 g/mol. The first kappa shape index (κ1) is 12.5. The fourth-order valence-electron chi connectivity index (χ4n) is 3.27. The maximum atomic E-state index is 13.2. The maximum Gasteiger partial charge on any atom is 0.193 e. The van der Waals surface area contributed by atoms with E-state index in [2.05, 4.69) is 4.99 Å². The number of aliphatic hydroxyl groups is 1. The molecule has 4 heteroatoms. The van der Waals surface area contributed by atoms with Crippen molar-refractivity contribution in [2.45, 2.75) is 12.1 Å². The number of halogens is 1. The molecule has 0 radical (unpaired) electrons. The number of nitrogens with zero attached hydrogens (tertiary/aromatic N) is 2. The van der Waals surface area contributed by atoms with Gasteiger partial charge in [-0.3, -0.25) is 4.99 Å². The molecule has 0 fully saturated rings. The summed E-state index contributed by atoms with van der Waals surface area (Å²) in [5.41, 5.74) is 1.19. The molecular formula is C17H15FN2O. The molecule has 3 nitrogen and oxygen atoms in total. The lowest BCUT2D eigenvalue weighted by atomic mass is 9.94. The second kappa shape index (κ2) is 4.40. The minimum Gasteiger partial charge on any atom is -0.363 e. The molecule has 2 aromatic carbocycles. The highest BCUT2D eigenvalue weighted by Gasteiger charge is 2.48. The Morgan fingerprint density at radius 3 is 2.67 bits per heavy atom. The topological polar surface area (TPSA) is 35.8 Å². The van der Waals surface area contributed by atoms with Gasteiger partial charge in [0.1, 0.15) is 11.7 Å². The summed E-state index contributed by atoms with van der Waals surface area (Å²) >= 11 is 0. The quantitative estimate of drug-likeness (QED) is 0.872. The van der Waals surface area contributed by atoms with Crippen LogP contribution in [-0.2, 0) is 5.72 Å². The smallest absolute Gasteiger partial charge is 0.193 e. The molecule has 4 rings (SSSR count). The molecule has 0 aromatic heterocycles. The number of hydrogen-bond acceptors (Lipinski definition) is 3. The first-order valence-corrected chi connectivity index (χ1v) is 7.11. The average Bonchev–Trinajstić information content (AvgIpc) is 2.80. The molecule has 0 aliphatic carbocycles. The molecule has 0 unspecified atom stereocenters. The maximum absolute atomic E-state index is 13.2. The Morgan fingerprint density at radius 2 is 1.86 bits per heavy atom. The predicted molar refractivity (Wildman–Crippen MR) is 78.6 cm³/mol. The molecule has 0 bridgehead atoms. The van der Waals surface area contributed by atoms with E-state index in [-0.39, 0.29) is 5.82 Å². The minimum atomic E-state index is -1.26. The summed E-state index contributed by atoms with van der Waals surface area (Å²) in [4.78, 5) is 6.50. The first-order valence-electron chi connectivity index (χ1n) is 7.11. The first-order chi connectivity index (χ1) is 10.2. The molecule has 2 aliphatic heterocycles. The number of amidine groups is 1. The van der Waals surface area contributed by atoms with Crippen LogP contribution in [0.3, 0.4) is 0 Å². The van der Waals surface area contributed by atoms with E-state index in [4.69, 9.17) is 0 Å². The Morgan fingerprint density at radius 1 is 1.10 bits per heavy atom. The van der Waals surface area contributed by atoms with Crippen molar-refractivity contribution in [2.75, 3.05) is 13.1 Å². The summed E-state index contributed by atoms with van der Waals surface area (Å²) in [6, 6.07) is 13.8. The zero-order chi connectivity index (χ0) is 14.4. The molecule has 0 spiro atoms. The molecular weight excluding hydrogens is 267 g/mol. The van der Waals surface area contributed by atoms with Gasteiger partial charge < -0.3 is 10.0 Å². The second-order valence-electron chi connectivity index (χ2n) is 5.44. The SMILES string of the molecule is O[C@]1(c2ccc(F)cc2)c2ccccc2C2=NCCCN21. The van der Waals surface area contributed by atoms with Gasteiger partial charge >= 0.3 is 0 Å². The molecule has 106 valence electrons. The van der Waals surface area contributed by atoms with E-state index in [9.17, 15) is 9.50 Å². The fourth-order valence-corrected chi connectivity index (χ4v) is 3.27. The van der Waals surface area contributed by atoms with Gasteiger partial charge in [0.15, 0.2) is 5.72 Å². The van der Waals surface area contributed by atoms with Crippen molar-refractivity contribution in [3.05, 3.63) is 71.0 Å². The number of hydrogen-bond donors (Lipinski definition) is 1. The molecule has 2 heterocycles. The second-order valence-corrected chi connectivity index (χ2v) is 5.44. The van der Waals surface area contributed by atoms with Gasteiger partial charge in [-0.25, -0.2) is 4.39 Å². The van der Waals surface area contributed by atoms with Crippen LogP contribution < -0.4 is 0 Å². The van der Waals surface area contributed by atoms with Crippen LogP contribution in [0.5, 0.6) is 0 Å². The normalized spacial score (nSPS) is 23.5. The number of rotatable bonds is 1. The zero-order valence-electron chi connectivity index (χ0n) is 11.5. The van der Waals surface area contributed by atoms with Gasteiger partial charge in [0.2, 0.25) is 0 Å². The van der Waals surface area contributed by atoms with E-state index in [0.717, 1.165) is 36.5 Å². The highest BCUT2D eigenvalue weighted by molar-refractivity contribution is 6.04. The Balaban J connectivity index is 1.96. The van der Waals surface area contributed by atoms with Gasteiger partial charge in [0, 0.05) is 29.8 Å². The van der Waals surface area contributed by atoms with Crippen LogP contribution >= 0.6 is 0 Å². The lowest BCUT2D eigenvalue weighted by molar-refractivity contribution is -0.0318. The number of aliphatic imine (C=N–C) groups is 1. The van der Waals surface area contributed by atoms with Crippen molar-refractivity contribution in [2.24, 2.45) is 4.99 Å². The monoisotopic (exact) mass is 282 g/mol. The summed E-state index contributed by atoms with van der Waals surface area (Å²) in [7, 11) is 0. The lowest BCUT2D eigenvalue weighted by Gasteiger charge is -2.37. The van der Waals surface area contributed by atoms with Gasteiger partial charge in [-0.15, -0.1) is 0 Å².